The van der Waals surface area contributed by atoms with E-state index in [9.17, 15) is 28.2 Å². The number of rotatable bonds is 9. The molecule has 7 bridgehead atoms. The van der Waals surface area contributed by atoms with Gasteiger partial charge in [0, 0.05) is 75.3 Å². The summed E-state index contributed by atoms with van der Waals surface area (Å²) >= 11 is 0. The second-order valence-electron chi connectivity index (χ2n) is 16.2. The Kier molecular flexibility index (Phi) is 8.54. The first-order chi connectivity index (χ1) is 24.7. The summed E-state index contributed by atoms with van der Waals surface area (Å²) in [5.74, 6) is -2.03. The highest BCUT2D eigenvalue weighted by molar-refractivity contribution is 7.90. The molecule has 12 nitrogen and oxygen atoms in total. The summed E-state index contributed by atoms with van der Waals surface area (Å²) in [7, 11) is 1.60. The number of nitrogens with zero attached hydrogens (tertiary/aromatic N) is 1. The van der Waals surface area contributed by atoms with Crippen LogP contribution < -0.4 is 5.32 Å². The van der Waals surface area contributed by atoms with Gasteiger partial charge in [0.05, 0.1) is 34.5 Å². The van der Waals surface area contributed by atoms with E-state index in [-0.39, 0.29) is 63.6 Å². The molecule has 6 fully saturated rings. The number of anilines is 1. The third-order valence-corrected chi connectivity index (χ3v) is 15.5. The lowest BCUT2D eigenvalue weighted by atomic mass is 9.43. The Morgan fingerprint density at radius 3 is 2.35 bits per heavy atom. The van der Waals surface area contributed by atoms with E-state index in [0.717, 1.165) is 6.26 Å². The predicted octanol–water partition coefficient (Wildman–Crippen LogP) is 3.31. The number of ether oxygens (including phenoxy) is 4. The Morgan fingerprint density at radius 2 is 1.69 bits per heavy atom. The molecule has 1 spiro atoms. The van der Waals surface area contributed by atoms with E-state index >= 15 is 0 Å². The number of amides is 1. The van der Waals surface area contributed by atoms with Crippen LogP contribution in [0.4, 0.5) is 5.69 Å². The molecule has 1 amide bonds. The Labute approximate surface area is 305 Å². The van der Waals surface area contributed by atoms with Crippen LogP contribution in [0.3, 0.4) is 0 Å². The lowest BCUT2D eigenvalue weighted by Crippen LogP contribution is -2.82. The number of nitrogens with one attached hydrogen (secondary N) is 1. The summed E-state index contributed by atoms with van der Waals surface area (Å²) in [5.41, 5.74) is -3.92. The van der Waals surface area contributed by atoms with E-state index < -0.39 is 50.0 Å². The minimum absolute atomic E-state index is 0.0297. The van der Waals surface area contributed by atoms with Crippen LogP contribution in [0.25, 0.3) is 0 Å². The Hall–Kier alpha value is -2.91. The van der Waals surface area contributed by atoms with Crippen molar-refractivity contribution in [1.29, 1.82) is 0 Å². The number of sulfone groups is 1. The molecule has 6 aliphatic rings. The smallest absolute Gasteiger partial charge is 0.340 e. The van der Waals surface area contributed by atoms with Crippen LogP contribution in [0.1, 0.15) is 66.2 Å². The average Bonchev–Trinajstić information content (AvgIpc) is 3.52. The third kappa shape index (κ3) is 4.69. The number of likely N-dealkylation sites (tertiary alicyclic amines) is 1. The Morgan fingerprint density at radius 1 is 0.962 bits per heavy atom. The van der Waals surface area contributed by atoms with Crippen molar-refractivity contribution in [3.63, 3.8) is 0 Å². The number of esters is 1. The normalized spacial score (nSPS) is 41.7. The first kappa shape index (κ1) is 36.1. The van der Waals surface area contributed by atoms with Gasteiger partial charge in [-0.1, -0.05) is 19.1 Å². The molecule has 1 saturated heterocycles. The molecule has 1 heterocycles. The predicted molar refractivity (Wildman–Crippen MR) is 190 cm³/mol. The van der Waals surface area contributed by atoms with Crippen molar-refractivity contribution < 1.29 is 47.2 Å². The van der Waals surface area contributed by atoms with Crippen molar-refractivity contribution in [3.8, 4) is 0 Å². The first-order valence-electron chi connectivity index (χ1n) is 18.4. The summed E-state index contributed by atoms with van der Waals surface area (Å²) in [4.78, 5) is 30.3. The standard InChI is InChI=1S/C39H50N2O10S/c1-6-41-21-36(51-35(43)26-9-7-8-10-28(26)40-34(42)22-11-13-25(14-12-22)52(5,46)47)16-15-31(49-3)38-29(36)19-27(32(38)41)37(44)20-24(48-2)17-23-18-30(38)39(37,45)33(23)50-4/h7-14,23-24,27,29-33,44-45H,6,15-21H2,1-5H3,(H,40,42)/t23-,24+,27-,29?,30?,31-,32?,33-,36+,37-,38-,39-/m0/s1. The zero-order valence-corrected chi connectivity index (χ0v) is 31.2. The molecule has 5 saturated carbocycles. The number of aliphatic hydroxyl groups is 2. The van der Waals surface area contributed by atoms with E-state index in [2.05, 4.69) is 17.1 Å². The lowest BCUT2D eigenvalue weighted by molar-refractivity contribution is -0.328. The molecule has 2 aromatic rings. The first-order valence-corrected chi connectivity index (χ1v) is 20.3. The van der Waals surface area contributed by atoms with Crippen LogP contribution >= 0.6 is 0 Å². The van der Waals surface area contributed by atoms with Crippen molar-refractivity contribution in [3.05, 3.63) is 59.7 Å². The van der Waals surface area contributed by atoms with Gasteiger partial charge in [-0.05, 0) is 81.0 Å². The fourth-order valence-electron chi connectivity index (χ4n) is 12.6. The van der Waals surface area contributed by atoms with Crippen LogP contribution in [-0.2, 0) is 28.8 Å². The van der Waals surface area contributed by atoms with Crippen LogP contribution in [-0.4, -0.2) is 117 Å². The van der Waals surface area contributed by atoms with E-state index in [1.165, 1.54) is 24.3 Å². The van der Waals surface area contributed by atoms with Crippen molar-refractivity contribution in [2.24, 2.45) is 29.1 Å². The highest BCUT2D eigenvalue weighted by Gasteiger charge is 2.88. The highest BCUT2D eigenvalue weighted by atomic mass is 32.2. The van der Waals surface area contributed by atoms with E-state index in [1.807, 2.05) is 0 Å². The number of carbonyl (C=O) groups excluding carboxylic acids is 2. The molecule has 3 N–H and O–H groups in total. The second kappa shape index (κ2) is 12.3. The summed E-state index contributed by atoms with van der Waals surface area (Å²) in [6, 6.07) is 12.2. The van der Waals surface area contributed by atoms with Gasteiger partial charge in [0.15, 0.2) is 9.84 Å². The zero-order valence-electron chi connectivity index (χ0n) is 30.4. The van der Waals surface area contributed by atoms with Gasteiger partial charge in [-0.2, -0.15) is 0 Å². The van der Waals surface area contributed by atoms with Gasteiger partial charge in [0.1, 0.15) is 16.8 Å². The van der Waals surface area contributed by atoms with Crippen LogP contribution in [0.2, 0.25) is 0 Å². The number of carbonyl (C=O) groups is 2. The molecule has 0 aromatic heterocycles. The van der Waals surface area contributed by atoms with Gasteiger partial charge in [-0.15, -0.1) is 0 Å². The molecule has 5 aliphatic carbocycles. The number of methoxy groups -OCH3 is 3. The minimum Gasteiger partial charge on any atom is -0.454 e. The number of para-hydroxylation sites is 1. The van der Waals surface area contributed by atoms with E-state index in [0.29, 0.717) is 51.6 Å². The minimum atomic E-state index is -3.43. The van der Waals surface area contributed by atoms with Gasteiger partial charge < -0.3 is 34.5 Å². The van der Waals surface area contributed by atoms with E-state index in [4.69, 9.17) is 18.9 Å². The van der Waals surface area contributed by atoms with E-state index in [1.54, 1.807) is 45.6 Å². The van der Waals surface area contributed by atoms with Crippen molar-refractivity contribution in [2.45, 2.75) is 91.5 Å². The van der Waals surface area contributed by atoms with Crippen molar-refractivity contribution in [1.82, 2.24) is 4.90 Å². The summed E-state index contributed by atoms with van der Waals surface area (Å²) < 4.78 is 49.2. The van der Waals surface area contributed by atoms with Gasteiger partial charge in [0.25, 0.3) is 5.91 Å². The largest absolute Gasteiger partial charge is 0.454 e. The molecule has 2 aromatic carbocycles. The van der Waals surface area contributed by atoms with Crippen LogP contribution in [0.5, 0.6) is 0 Å². The SMILES string of the molecule is CCN1C[C@]2(OC(=O)c3ccccc3NC(=O)c3ccc(S(C)(=O)=O)cc3)CC[C@H](OC)[C@]34C1[C@H](CC23)[C@@]1(O)C[C@H](OC)C[C@H]2CC4[C@]1(O)[C@H]2OC. The maximum Gasteiger partial charge on any atom is 0.340 e. The second-order valence-corrected chi connectivity index (χ2v) is 18.2. The molecule has 1 aliphatic heterocycles. The number of hydrogen-bond donors (Lipinski definition) is 3. The average molecular weight is 739 g/mol. The lowest BCUT2D eigenvalue weighted by Gasteiger charge is -2.70. The maximum absolute atomic E-state index is 14.5. The Bertz CT molecular complexity index is 1870. The fraction of sp³-hybridized carbons (Fsp3) is 0.641. The van der Waals surface area contributed by atoms with Gasteiger partial charge >= 0.3 is 5.97 Å². The topological polar surface area (TPSA) is 161 Å². The number of likely N-dealkylation sites (N-methyl/N-ethyl adjacent to an activating group) is 1. The highest BCUT2D eigenvalue weighted by Crippen LogP contribution is 2.78. The number of hydrogen-bond acceptors (Lipinski definition) is 11. The van der Waals surface area contributed by atoms with Crippen LogP contribution in [0, 0.1) is 29.1 Å². The third-order valence-electron chi connectivity index (χ3n) is 14.3. The fourth-order valence-corrected chi connectivity index (χ4v) is 13.3. The molecule has 282 valence electrons. The quantitative estimate of drug-likeness (QED) is 0.324. The molecule has 3 unspecified atom stereocenters. The van der Waals surface area contributed by atoms with Crippen molar-refractivity contribution in [2.75, 3.05) is 46.0 Å². The molecule has 12 atom stereocenters. The van der Waals surface area contributed by atoms with Crippen molar-refractivity contribution >= 4 is 27.4 Å². The number of fused-ring (bicyclic) bond motifs is 2. The summed E-state index contributed by atoms with van der Waals surface area (Å²) in [5, 5.41) is 29.1. The zero-order chi connectivity index (χ0) is 37.0. The molecule has 13 heteroatoms. The molecular formula is C39H50N2O10S. The molecular weight excluding hydrogens is 689 g/mol. The molecule has 8 rings (SSSR count). The molecule has 52 heavy (non-hydrogen) atoms. The Balaban J connectivity index is 1.17. The maximum atomic E-state index is 14.5. The van der Waals surface area contributed by atoms with Crippen LogP contribution in [0.15, 0.2) is 53.4 Å². The molecule has 0 radical (unpaired) electrons. The van der Waals surface area contributed by atoms with Gasteiger partial charge in [-0.3, -0.25) is 9.69 Å². The summed E-state index contributed by atoms with van der Waals surface area (Å²) in [6.45, 7) is 3.23. The summed E-state index contributed by atoms with van der Waals surface area (Å²) in [6.07, 6.45) is 3.37. The number of piperidine rings is 1. The van der Waals surface area contributed by atoms with Gasteiger partial charge in [-0.25, -0.2) is 13.2 Å². The number of benzene rings is 2. The van der Waals surface area contributed by atoms with Gasteiger partial charge in [0.2, 0.25) is 0 Å². The monoisotopic (exact) mass is 738 g/mol.